The van der Waals surface area contributed by atoms with Gasteiger partial charge < -0.3 is 4.98 Å². The lowest BCUT2D eigenvalue weighted by Gasteiger charge is -1.96. The fraction of sp³-hybridized carbons (Fsp3) is 0. The third kappa shape index (κ3) is 1.22. The molecule has 0 aliphatic rings. The molecular formula is C8H3ClN4O. The molecule has 0 aliphatic carbocycles. The lowest BCUT2D eigenvalue weighted by molar-refractivity contribution is 1.18. The fourth-order valence-electron chi connectivity index (χ4n) is 1.07. The molecule has 0 fully saturated rings. The fourth-order valence-corrected chi connectivity index (χ4v) is 1.20. The second-order valence-electron chi connectivity index (χ2n) is 2.54. The summed E-state index contributed by atoms with van der Waals surface area (Å²) in [5.41, 5.74) is 0.153. The van der Waals surface area contributed by atoms with Gasteiger partial charge in [0.25, 0.3) is 0 Å². The second-order valence-corrected chi connectivity index (χ2v) is 2.88. The number of nitriles is 1. The van der Waals surface area contributed by atoms with Crippen molar-refractivity contribution >= 4 is 22.6 Å². The Balaban J connectivity index is 2.96. The summed E-state index contributed by atoms with van der Waals surface area (Å²) in [4.78, 5) is 21.7. The SMILES string of the molecule is N#Cc1c[nH]c2cnc(Cl)nc2c1=O. The second kappa shape index (κ2) is 3.09. The highest BCUT2D eigenvalue weighted by Crippen LogP contribution is 2.06. The molecular weight excluding hydrogens is 204 g/mol. The molecule has 0 aromatic carbocycles. The molecule has 14 heavy (non-hydrogen) atoms. The van der Waals surface area contributed by atoms with Crippen LogP contribution in [0.5, 0.6) is 0 Å². The Morgan fingerprint density at radius 1 is 1.57 bits per heavy atom. The van der Waals surface area contributed by atoms with Gasteiger partial charge in [0.2, 0.25) is 10.7 Å². The summed E-state index contributed by atoms with van der Waals surface area (Å²) in [6.07, 6.45) is 2.72. The smallest absolute Gasteiger partial charge is 0.225 e. The molecule has 5 nitrogen and oxygen atoms in total. The number of aromatic amines is 1. The number of nitrogens with one attached hydrogen (secondary N) is 1. The van der Waals surface area contributed by atoms with Gasteiger partial charge in [-0.05, 0) is 11.6 Å². The van der Waals surface area contributed by atoms with Crippen LogP contribution in [0.4, 0.5) is 0 Å². The van der Waals surface area contributed by atoms with E-state index in [-0.39, 0.29) is 16.4 Å². The average Bonchev–Trinajstić information content (AvgIpc) is 2.20. The van der Waals surface area contributed by atoms with Crippen molar-refractivity contribution in [2.75, 3.05) is 0 Å². The highest BCUT2D eigenvalue weighted by Gasteiger charge is 2.06. The van der Waals surface area contributed by atoms with Crippen LogP contribution >= 0.6 is 11.6 Å². The molecule has 2 aromatic heterocycles. The number of H-pyrrole nitrogens is 1. The monoisotopic (exact) mass is 206 g/mol. The van der Waals surface area contributed by atoms with Crippen LogP contribution in [0.3, 0.4) is 0 Å². The molecule has 0 unspecified atom stereocenters. The summed E-state index contributed by atoms with van der Waals surface area (Å²) in [5, 5.41) is 8.59. The van der Waals surface area contributed by atoms with Crippen LogP contribution in [0.15, 0.2) is 17.2 Å². The van der Waals surface area contributed by atoms with Gasteiger partial charge in [0.1, 0.15) is 17.1 Å². The van der Waals surface area contributed by atoms with Crippen molar-refractivity contribution in [2.24, 2.45) is 0 Å². The Bertz CT molecular complexity index is 598. The van der Waals surface area contributed by atoms with Crippen molar-refractivity contribution in [1.29, 1.82) is 5.26 Å². The summed E-state index contributed by atoms with van der Waals surface area (Å²) >= 11 is 5.53. The van der Waals surface area contributed by atoms with Crippen molar-refractivity contribution in [3.8, 4) is 6.07 Å². The van der Waals surface area contributed by atoms with E-state index in [2.05, 4.69) is 15.0 Å². The molecule has 0 atom stereocenters. The first-order valence-electron chi connectivity index (χ1n) is 3.66. The third-order valence-corrected chi connectivity index (χ3v) is 1.89. The zero-order valence-electron chi connectivity index (χ0n) is 6.78. The minimum absolute atomic E-state index is 0.00673. The minimum Gasteiger partial charge on any atom is -0.357 e. The van der Waals surface area contributed by atoms with Gasteiger partial charge in [0.15, 0.2) is 0 Å². The lowest BCUT2D eigenvalue weighted by atomic mass is 10.2. The molecule has 0 saturated heterocycles. The topological polar surface area (TPSA) is 82.4 Å². The quantitative estimate of drug-likeness (QED) is 0.648. The normalized spacial score (nSPS) is 10.0. The van der Waals surface area contributed by atoms with Gasteiger partial charge in [0, 0.05) is 6.20 Å². The van der Waals surface area contributed by atoms with Crippen LogP contribution in [0.2, 0.25) is 5.28 Å². The molecule has 2 aromatic rings. The van der Waals surface area contributed by atoms with Crippen LogP contribution in [0.1, 0.15) is 5.56 Å². The maximum absolute atomic E-state index is 11.5. The number of nitrogens with zero attached hydrogens (tertiary/aromatic N) is 3. The summed E-state index contributed by atoms with van der Waals surface area (Å²) in [6.45, 7) is 0. The van der Waals surface area contributed by atoms with E-state index in [4.69, 9.17) is 16.9 Å². The molecule has 0 saturated carbocycles. The highest BCUT2D eigenvalue weighted by molar-refractivity contribution is 6.28. The highest BCUT2D eigenvalue weighted by atomic mass is 35.5. The number of hydrogen-bond donors (Lipinski definition) is 1. The van der Waals surface area contributed by atoms with E-state index in [1.165, 1.54) is 12.4 Å². The van der Waals surface area contributed by atoms with Gasteiger partial charge in [0.05, 0.1) is 11.7 Å². The van der Waals surface area contributed by atoms with E-state index < -0.39 is 5.43 Å². The summed E-state index contributed by atoms with van der Waals surface area (Å²) in [6, 6.07) is 1.76. The van der Waals surface area contributed by atoms with Crippen LogP contribution in [0.25, 0.3) is 11.0 Å². The predicted octanol–water partition coefficient (Wildman–Crippen LogP) is 0.843. The van der Waals surface area contributed by atoms with Crippen molar-refractivity contribution in [2.45, 2.75) is 0 Å². The molecule has 0 aliphatic heterocycles. The number of halogens is 1. The van der Waals surface area contributed by atoms with Crippen molar-refractivity contribution in [3.63, 3.8) is 0 Å². The first-order valence-corrected chi connectivity index (χ1v) is 4.04. The van der Waals surface area contributed by atoms with Crippen molar-refractivity contribution in [3.05, 3.63) is 33.5 Å². The molecule has 1 N–H and O–H groups in total. The first-order chi connectivity index (χ1) is 6.72. The Hall–Kier alpha value is -1.93. The standard InChI is InChI=1S/C8H3ClN4O/c9-8-12-3-5-6(13-8)7(14)4(1-10)2-11-5/h2-3H,(H,11,14). The molecule has 0 spiro atoms. The lowest BCUT2D eigenvalue weighted by Crippen LogP contribution is -2.09. The molecule has 0 amide bonds. The molecule has 0 radical (unpaired) electrons. The zero-order chi connectivity index (χ0) is 10.1. The van der Waals surface area contributed by atoms with Crippen LogP contribution in [-0.2, 0) is 0 Å². The number of pyridine rings is 1. The maximum Gasteiger partial charge on any atom is 0.225 e. The van der Waals surface area contributed by atoms with Gasteiger partial charge in [-0.2, -0.15) is 5.26 Å². The van der Waals surface area contributed by atoms with E-state index in [1.807, 2.05) is 0 Å². The Morgan fingerprint density at radius 2 is 2.36 bits per heavy atom. The maximum atomic E-state index is 11.5. The Kier molecular flexibility index (Phi) is 1.91. The third-order valence-electron chi connectivity index (χ3n) is 1.71. The van der Waals surface area contributed by atoms with Gasteiger partial charge >= 0.3 is 0 Å². The van der Waals surface area contributed by atoms with E-state index in [0.29, 0.717) is 5.52 Å². The minimum atomic E-state index is -0.439. The molecule has 68 valence electrons. The van der Waals surface area contributed by atoms with Gasteiger partial charge in [-0.1, -0.05) is 0 Å². The van der Waals surface area contributed by atoms with E-state index in [1.54, 1.807) is 6.07 Å². The van der Waals surface area contributed by atoms with Crippen molar-refractivity contribution < 1.29 is 0 Å². The van der Waals surface area contributed by atoms with Crippen molar-refractivity contribution in [1.82, 2.24) is 15.0 Å². The molecule has 6 heteroatoms. The Morgan fingerprint density at radius 3 is 3.07 bits per heavy atom. The predicted molar refractivity (Wildman–Crippen MR) is 49.9 cm³/mol. The van der Waals surface area contributed by atoms with Gasteiger partial charge in [-0.15, -0.1) is 0 Å². The average molecular weight is 207 g/mol. The van der Waals surface area contributed by atoms with E-state index in [0.717, 1.165) is 0 Å². The van der Waals surface area contributed by atoms with E-state index in [9.17, 15) is 4.79 Å². The summed E-state index contributed by atoms with van der Waals surface area (Å²) in [5.74, 6) is 0. The number of aromatic nitrogens is 3. The zero-order valence-corrected chi connectivity index (χ0v) is 7.54. The number of fused-ring (bicyclic) bond motifs is 1. The number of hydrogen-bond acceptors (Lipinski definition) is 4. The number of rotatable bonds is 0. The Labute approximate surface area is 83.0 Å². The van der Waals surface area contributed by atoms with E-state index >= 15 is 0 Å². The summed E-state index contributed by atoms with van der Waals surface area (Å²) in [7, 11) is 0. The largest absolute Gasteiger partial charge is 0.357 e. The first kappa shape index (κ1) is 8.66. The molecule has 0 bridgehead atoms. The van der Waals surface area contributed by atoms with Crippen LogP contribution < -0.4 is 5.43 Å². The van der Waals surface area contributed by atoms with Gasteiger partial charge in [-0.3, -0.25) is 4.79 Å². The summed E-state index contributed by atoms with van der Waals surface area (Å²) < 4.78 is 0. The molecule has 2 rings (SSSR count). The van der Waals surface area contributed by atoms with Crippen LogP contribution in [0, 0.1) is 11.3 Å². The van der Waals surface area contributed by atoms with Gasteiger partial charge in [-0.25, -0.2) is 9.97 Å². The molecule has 2 heterocycles. The van der Waals surface area contributed by atoms with Crippen LogP contribution in [-0.4, -0.2) is 15.0 Å².